The van der Waals surface area contributed by atoms with Crippen LogP contribution in [0.2, 0.25) is 0 Å². The van der Waals surface area contributed by atoms with E-state index in [0.29, 0.717) is 23.9 Å². The number of carbonyl (C=O) groups excluding carboxylic acids is 1. The number of carbonyl (C=O) groups is 1. The van der Waals surface area contributed by atoms with Crippen LogP contribution in [0.3, 0.4) is 0 Å². The highest BCUT2D eigenvalue weighted by Gasteiger charge is 2.40. The van der Waals surface area contributed by atoms with Crippen molar-refractivity contribution in [2.45, 2.75) is 71.0 Å². The Balaban J connectivity index is 1.53. The van der Waals surface area contributed by atoms with Gasteiger partial charge in [-0.3, -0.25) is 14.4 Å². The summed E-state index contributed by atoms with van der Waals surface area (Å²) in [6, 6.07) is 2.98. The van der Waals surface area contributed by atoms with Crippen LogP contribution in [0.25, 0.3) is 0 Å². The number of rotatable bonds is 4. The van der Waals surface area contributed by atoms with Gasteiger partial charge in [-0.15, -0.1) is 0 Å². The summed E-state index contributed by atoms with van der Waals surface area (Å²) in [5, 5.41) is 4.66. The molecule has 6 heteroatoms. The lowest BCUT2D eigenvalue weighted by atomic mass is 9.94. The monoisotopic (exact) mass is 374 g/mol. The summed E-state index contributed by atoms with van der Waals surface area (Å²) in [5.41, 5.74) is 1.79. The van der Waals surface area contributed by atoms with E-state index in [2.05, 4.69) is 35.7 Å². The molecule has 2 atom stereocenters. The van der Waals surface area contributed by atoms with Crippen molar-refractivity contribution in [3.63, 3.8) is 0 Å². The molecule has 2 bridgehead atoms. The van der Waals surface area contributed by atoms with Crippen LogP contribution >= 0.6 is 0 Å². The van der Waals surface area contributed by atoms with E-state index in [-0.39, 0.29) is 5.91 Å². The molecule has 4 fully saturated rings. The fourth-order valence-corrected chi connectivity index (χ4v) is 4.99. The smallest absolute Gasteiger partial charge is 0.272 e. The molecule has 6 nitrogen and oxygen atoms in total. The average molecular weight is 375 g/mol. The van der Waals surface area contributed by atoms with E-state index in [0.717, 1.165) is 70.0 Å². The van der Waals surface area contributed by atoms with E-state index in [1.807, 2.05) is 10.7 Å². The van der Waals surface area contributed by atoms with Gasteiger partial charge in [0.2, 0.25) is 0 Å². The van der Waals surface area contributed by atoms with Gasteiger partial charge in [0.1, 0.15) is 5.69 Å². The minimum absolute atomic E-state index is 0.180. The highest BCUT2D eigenvalue weighted by Crippen LogP contribution is 2.32. The van der Waals surface area contributed by atoms with Gasteiger partial charge in [0.05, 0.1) is 5.69 Å². The van der Waals surface area contributed by atoms with E-state index in [1.165, 1.54) is 6.42 Å². The lowest BCUT2D eigenvalue weighted by molar-refractivity contribution is 0.0303. The number of aromatic nitrogens is 2. The molecule has 0 spiro atoms. The fourth-order valence-electron chi connectivity index (χ4n) is 4.99. The van der Waals surface area contributed by atoms with Gasteiger partial charge in [-0.2, -0.15) is 5.10 Å². The van der Waals surface area contributed by atoms with Crippen LogP contribution in [0.4, 0.5) is 0 Å². The van der Waals surface area contributed by atoms with Crippen LogP contribution in [0, 0.1) is 5.92 Å². The van der Waals surface area contributed by atoms with Gasteiger partial charge >= 0.3 is 0 Å². The first kappa shape index (κ1) is 18.9. The molecule has 0 unspecified atom stereocenters. The Hall–Kier alpha value is -1.40. The second-order valence-corrected chi connectivity index (χ2v) is 8.78. The van der Waals surface area contributed by atoms with Gasteiger partial charge in [0, 0.05) is 51.5 Å². The van der Waals surface area contributed by atoms with Gasteiger partial charge < -0.3 is 9.64 Å². The number of nitrogens with zero attached hydrogens (tertiary/aromatic N) is 4. The zero-order chi connectivity index (χ0) is 19.0. The molecule has 1 aromatic heterocycles. The Morgan fingerprint density at radius 2 is 1.93 bits per heavy atom. The topological polar surface area (TPSA) is 50.6 Å². The van der Waals surface area contributed by atoms with Crippen LogP contribution < -0.4 is 0 Å². The van der Waals surface area contributed by atoms with Gasteiger partial charge in [-0.25, -0.2) is 0 Å². The molecule has 1 amide bonds. The van der Waals surface area contributed by atoms with E-state index in [4.69, 9.17) is 4.74 Å². The number of hydrogen-bond donors (Lipinski definition) is 0. The van der Waals surface area contributed by atoms with Crippen molar-refractivity contribution in [2.75, 3.05) is 32.8 Å². The molecule has 4 aliphatic rings. The number of amides is 1. The van der Waals surface area contributed by atoms with E-state index >= 15 is 0 Å². The maximum absolute atomic E-state index is 13.5. The molecule has 1 aromatic rings. The first-order valence-electron chi connectivity index (χ1n) is 10.8. The molecule has 0 aromatic carbocycles. The highest BCUT2D eigenvalue weighted by atomic mass is 16.5. The predicted octanol–water partition coefficient (Wildman–Crippen LogP) is 2.74. The van der Waals surface area contributed by atoms with Crippen molar-refractivity contribution in [3.05, 3.63) is 17.5 Å². The summed E-state index contributed by atoms with van der Waals surface area (Å²) < 4.78 is 7.45. The number of hydrogen-bond acceptors (Lipinski definition) is 4. The summed E-state index contributed by atoms with van der Waals surface area (Å²) in [6.45, 7) is 11.9. The molecule has 0 saturated carbocycles. The summed E-state index contributed by atoms with van der Waals surface area (Å²) in [4.78, 5) is 18.3. The molecule has 4 saturated heterocycles. The largest absolute Gasteiger partial charge is 0.381 e. The van der Waals surface area contributed by atoms with Crippen LogP contribution in [0.1, 0.15) is 68.6 Å². The summed E-state index contributed by atoms with van der Waals surface area (Å²) in [5.74, 6) is 1.12. The molecule has 4 aliphatic heterocycles. The summed E-state index contributed by atoms with van der Waals surface area (Å²) in [7, 11) is 0. The minimum Gasteiger partial charge on any atom is -0.381 e. The first-order chi connectivity index (χ1) is 13.1. The Labute approximate surface area is 162 Å². The summed E-state index contributed by atoms with van der Waals surface area (Å²) >= 11 is 0. The minimum atomic E-state index is 0.180. The third-order valence-corrected chi connectivity index (χ3v) is 6.62. The quantitative estimate of drug-likeness (QED) is 0.813. The molecule has 27 heavy (non-hydrogen) atoms. The van der Waals surface area contributed by atoms with Crippen LogP contribution in [0.15, 0.2) is 6.07 Å². The van der Waals surface area contributed by atoms with Crippen LogP contribution in [0.5, 0.6) is 0 Å². The molecule has 5 heterocycles. The Morgan fingerprint density at radius 1 is 1.15 bits per heavy atom. The van der Waals surface area contributed by atoms with Gasteiger partial charge in [-0.1, -0.05) is 13.8 Å². The van der Waals surface area contributed by atoms with Gasteiger partial charge in [0.25, 0.3) is 5.91 Å². The molecule has 150 valence electrons. The molecular weight excluding hydrogens is 340 g/mol. The Kier molecular flexibility index (Phi) is 5.55. The predicted molar refractivity (Wildman–Crippen MR) is 105 cm³/mol. The zero-order valence-corrected chi connectivity index (χ0v) is 17.1. The standard InChI is InChI=1S/C21H34N4O2/c1-4-25-20(11-19(22-25)15(2)3)21(26)24-13-16-5-6-18(24)14-23(12-16)17-7-9-27-10-8-17/h11,15-18H,4-10,12-14H2,1-3H3/t16-,18+/m0/s1. The summed E-state index contributed by atoms with van der Waals surface area (Å²) in [6.07, 6.45) is 4.65. The van der Waals surface area contributed by atoms with Gasteiger partial charge in [-0.05, 0) is 50.5 Å². The molecule has 0 aliphatic carbocycles. The zero-order valence-electron chi connectivity index (χ0n) is 17.1. The lowest BCUT2D eigenvalue weighted by Crippen LogP contribution is -2.49. The number of aryl methyl sites for hydroxylation is 1. The number of fused-ring (bicyclic) bond motifs is 4. The Morgan fingerprint density at radius 3 is 2.63 bits per heavy atom. The third kappa shape index (κ3) is 3.79. The fraction of sp³-hybridized carbons (Fsp3) is 0.810. The second-order valence-electron chi connectivity index (χ2n) is 8.78. The van der Waals surface area contributed by atoms with E-state index < -0.39 is 0 Å². The Bertz CT molecular complexity index is 665. The molecule has 5 rings (SSSR count). The molecular formula is C21H34N4O2. The first-order valence-corrected chi connectivity index (χ1v) is 10.8. The second kappa shape index (κ2) is 7.92. The number of ether oxygens (including phenoxy) is 1. The van der Waals surface area contributed by atoms with Gasteiger partial charge in [0.15, 0.2) is 0 Å². The molecule has 0 N–H and O–H groups in total. The highest BCUT2D eigenvalue weighted by molar-refractivity contribution is 5.93. The van der Waals surface area contributed by atoms with Crippen molar-refractivity contribution in [2.24, 2.45) is 5.92 Å². The SMILES string of the molecule is CCn1nc(C(C)C)cc1C(=O)N1C[C@H]2CC[C@@H]1CN(C1CCOCC1)C2. The van der Waals surface area contributed by atoms with Crippen molar-refractivity contribution < 1.29 is 9.53 Å². The average Bonchev–Trinajstić information content (AvgIpc) is 2.92. The lowest BCUT2D eigenvalue weighted by Gasteiger charge is -2.37. The van der Waals surface area contributed by atoms with Crippen molar-refractivity contribution in [1.82, 2.24) is 19.6 Å². The third-order valence-electron chi connectivity index (χ3n) is 6.62. The van der Waals surface area contributed by atoms with Crippen LogP contribution in [-0.2, 0) is 11.3 Å². The van der Waals surface area contributed by atoms with E-state index in [1.54, 1.807) is 0 Å². The maximum atomic E-state index is 13.5. The van der Waals surface area contributed by atoms with E-state index in [9.17, 15) is 4.79 Å². The van der Waals surface area contributed by atoms with Crippen molar-refractivity contribution >= 4 is 5.91 Å². The van der Waals surface area contributed by atoms with Crippen molar-refractivity contribution in [3.8, 4) is 0 Å². The maximum Gasteiger partial charge on any atom is 0.272 e. The number of piperidine rings is 1. The van der Waals surface area contributed by atoms with Crippen molar-refractivity contribution in [1.29, 1.82) is 0 Å². The van der Waals surface area contributed by atoms with Crippen LogP contribution in [-0.4, -0.2) is 70.4 Å². The molecule has 0 radical (unpaired) electrons. The normalized spacial score (nSPS) is 27.3.